The van der Waals surface area contributed by atoms with E-state index in [1.807, 2.05) is 24.3 Å². The molecule has 1 aliphatic heterocycles. The van der Waals surface area contributed by atoms with Crippen LogP contribution in [0.2, 0.25) is 0 Å². The van der Waals surface area contributed by atoms with Crippen molar-refractivity contribution in [2.24, 2.45) is 0 Å². The van der Waals surface area contributed by atoms with Crippen molar-refractivity contribution in [2.75, 3.05) is 31.6 Å². The number of benzene rings is 1. The molecule has 1 N–H and O–H groups in total. The fraction of sp³-hybridized carbons (Fsp3) is 0.462. The topological polar surface area (TPSA) is 32.3 Å². The molecule has 1 aromatic carbocycles. The summed E-state index contributed by atoms with van der Waals surface area (Å²) < 4.78 is 0. The standard InChI is InChI=1S/C13H18N2O/c1-14-10-13(16)11-6-2-3-7-12(11)15-8-4-5-9-15/h2-3,6-7,14H,4-5,8-10H2,1H3. The van der Waals surface area contributed by atoms with E-state index >= 15 is 0 Å². The first kappa shape index (κ1) is 11.1. The Morgan fingerprint density at radius 1 is 1.31 bits per heavy atom. The van der Waals surface area contributed by atoms with Crippen LogP contribution in [0.25, 0.3) is 0 Å². The number of para-hydroxylation sites is 1. The largest absolute Gasteiger partial charge is 0.371 e. The predicted octanol–water partition coefficient (Wildman–Crippen LogP) is 1.69. The first-order valence-corrected chi connectivity index (χ1v) is 5.84. The molecule has 2 rings (SSSR count). The molecule has 1 fully saturated rings. The molecule has 86 valence electrons. The molecule has 16 heavy (non-hydrogen) atoms. The van der Waals surface area contributed by atoms with Gasteiger partial charge >= 0.3 is 0 Å². The molecular formula is C13H18N2O. The van der Waals surface area contributed by atoms with Gasteiger partial charge in [-0.05, 0) is 32.0 Å². The van der Waals surface area contributed by atoms with Crippen LogP contribution in [0.15, 0.2) is 24.3 Å². The lowest BCUT2D eigenvalue weighted by Gasteiger charge is -2.20. The Hall–Kier alpha value is -1.35. The number of hydrogen-bond donors (Lipinski definition) is 1. The number of nitrogens with one attached hydrogen (secondary N) is 1. The number of Topliss-reactive ketones (excluding diaryl/α,β-unsaturated/α-hetero) is 1. The molecule has 0 bridgehead atoms. The van der Waals surface area contributed by atoms with E-state index in [-0.39, 0.29) is 5.78 Å². The van der Waals surface area contributed by atoms with E-state index in [1.54, 1.807) is 7.05 Å². The van der Waals surface area contributed by atoms with E-state index in [0.29, 0.717) is 6.54 Å². The summed E-state index contributed by atoms with van der Waals surface area (Å²) in [5.41, 5.74) is 1.94. The van der Waals surface area contributed by atoms with Gasteiger partial charge in [0.1, 0.15) is 0 Å². The zero-order valence-corrected chi connectivity index (χ0v) is 9.70. The number of likely N-dealkylation sites (N-methyl/N-ethyl adjacent to an activating group) is 1. The molecule has 3 nitrogen and oxygen atoms in total. The fourth-order valence-corrected chi connectivity index (χ4v) is 2.20. The molecule has 0 aromatic heterocycles. The maximum Gasteiger partial charge on any atom is 0.178 e. The van der Waals surface area contributed by atoms with Crippen LogP contribution >= 0.6 is 0 Å². The van der Waals surface area contributed by atoms with Crippen LogP contribution in [0.5, 0.6) is 0 Å². The second-order valence-electron chi connectivity index (χ2n) is 4.16. The van der Waals surface area contributed by atoms with Gasteiger partial charge in [0.15, 0.2) is 5.78 Å². The summed E-state index contributed by atoms with van der Waals surface area (Å²) in [6.45, 7) is 2.55. The smallest absolute Gasteiger partial charge is 0.178 e. The Balaban J connectivity index is 2.26. The summed E-state index contributed by atoms with van der Waals surface area (Å²) in [7, 11) is 1.80. The third-order valence-electron chi connectivity index (χ3n) is 2.99. The second-order valence-corrected chi connectivity index (χ2v) is 4.16. The summed E-state index contributed by atoms with van der Waals surface area (Å²) in [5.74, 6) is 0.171. The Bertz CT molecular complexity index is 370. The highest BCUT2D eigenvalue weighted by atomic mass is 16.1. The fourth-order valence-electron chi connectivity index (χ4n) is 2.20. The lowest BCUT2D eigenvalue weighted by atomic mass is 10.1. The zero-order chi connectivity index (χ0) is 11.4. The predicted molar refractivity (Wildman–Crippen MR) is 66.1 cm³/mol. The van der Waals surface area contributed by atoms with Gasteiger partial charge in [-0.1, -0.05) is 12.1 Å². The van der Waals surface area contributed by atoms with Gasteiger partial charge in [0.2, 0.25) is 0 Å². The molecule has 0 spiro atoms. The molecule has 0 saturated carbocycles. The maximum atomic E-state index is 11.9. The summed E-state index contributed by atoms with van der Waals surface area (Å²) in [5, 5.41) is 2.92. The molecule has 0 aliphatic carbocycles. The van der Waals surface area contributed by atoms with E-state index in [4.69, 9.17) is 0 Å². The summed E-state index contributed by atoms with van der Waals surface area (Å²) in [6, 6.07) is 7.91. The van der Waals surface area contributed by atoms with Gasteiger partial charge in [-0.2, -0.15) is 0 Å². The van der Waals surface area contributed by atoms with Crippen molar-refractivity contribution >= 4 is 11.5 Å². The zero-order valence-electron chi connectivity index (χ0n) is 9.70. The SMILES string of the molecule is CNCC(=O)c1ccccc1N1CCCC1. The van der Waals surface area contributed by atoms with Gasteiger partial charge in [-0.3, -0.25) is 4.79 Å². The van der Waals surface area contributed by atoms with Crippen molar-refractivity contribution in [3.05, 3.63) is 29.8 Å². The molecule has 0 atom stereocenters. The first-order valence-electron chi connectivity index (χ1n) is 5.84. The molecule has 0 radical (unpaired) electrons. The number of hydrogen-bond acceptors (Lipinski definition) is 3. The summed E-state index contributed by atoms with van der Waals surface area (Å²) in [4.78, 5) is 14.2. The number of anilines is 1. The third kappa shape index (κ3) is 2.25. The monoisotopic (exact) mass is 218 g/mol. The van der Waals surface area contributed by atoms with Crippen LogP contribution in [0, 0.1) is 0 Å². The molecule has 0 unspecified atom stereocenters. The van der Waals surface area contributed by atoms with Gasteiger partial charge in [-0.15, -0.1) is 0 Å². The Morgan fingerprint density at radius 3 is 2.69 bits per heavy atom. The minimum Gasteiger partial charge on any atom is -0.371 e. The van der Waals surface area contributed by atoms with E-state index in [9.17, 15) is 4.79 Å². The van der Waals surface area contributed by atoms with Crippen molar-refractivity contribution in [3.63, 3.8) is 0 Å². The Kier molecular flexibility index (Phi) is 3.57. The molecule has 1 aromatic rings. The van der Waals surface area contributed by atoms with Crippen LogP contribution in [0.1, 0.15) is 23.2 Å². The van der Waals surface area contributed by atoms with Crippen LogP contribution in [-0.4, -0.2) is 32.5 Å². The van der Waals surface area contributed by atoms with E-state index in [1.165, 1.54) is 12.8 Å². The number of carbonyl (C=O) groups excluding carboxylic acids is 1. The normalized spacial score (nSPS) is 15.4. The van der Waals surface area contributed by atoms with Gasteiger partial charge in [-0.25, -0.2) is 0 Å². The molecule has 3 heteroatoms. The van der Waals surface area contributed by atoms with Crippen LogP contribution in [0.4, 0.5) is 5.69 Å². The Labute approximate surface area is 96.5 Å². The van der Waals surface area contributed by atoms with Gasteiger partial charge in [0.25, 0.3) is 0 Å². The molecule has 1 aliphatic rings. The molecular weight excluding hydrogens is 200 g/mol. The number of ketones is 1. The number of carbonyl (C=O) groups is 1. The second kappa shape index (κ2) is 5.12. The average molecular weight is 218 g/mol. The minimum absolute atomic E-state index is 0.171. The van der Waals surface area contributed by atoms with Crippen molar-refractivity contribution in [1.29, 1.82) is 0 Å². The van der Waals surface area contributed by atoms with Crippen molar-refractivity contribution < 1.29 is 4.79 Å². The lowest BCUT2D eigenvalue weighted by Crippen LogP contribution is -2.24. The number of rotatable bonds is 4. The van der Waals surface area contributed by atoms with Gasteiger partial charge in [0.05, 0.1) is 6.54 Å². The van der Waals surface area contributed by atoms with Crippen LogP contribution in [0.3, 0.4) is 0 Å². The van der Waals surface area contributed by atoms with Crippen molar-refractivity contribution in [1.82, 2.24) is 5.32 Å². The number of nitrogens with zero attached hydrogens (tertiary/aromatic N) is 1. The highest BCUT2D eigenvalue weighted by Crippen LogP contribution is 2.24. The Morgan fingerprint density at radius 2 is 2.00 bits per heavy atom. The highest BCUT2D eigenvalue weighted by molar-refractivity contribution is 6.02. The third-order valence-corrected chi connectivity index (χ3v) is 2.99. The molecule has 0 amide bonds. The lowest BCUT2D eigenvalue weighted by molar-refractivity contribution is 0.0994. The molecule has 1 saturated heterocycles. The van der Waals surface area contributed by atoms with E-state index in [2.05, 4.69) is 10.2 Å². The van der Waals surface area contributed by atoms with Gasteiger partial charge in [0, 0.05) is 24.3 Å². The van der Waals surface area contributed by atoms with Crippen molar-refractivity contribution in [2.45, 2.75) is 12.8 Å². The summed E-state index contributed by atoms with van der Waals surface area (Å²) in [6.07, 6.45) is 2.46. The molecule has 1 heterocycles. The summed E-state index contributed by atoms with van der Waals surface area (Å²) >= 11 is 0. The highest BCUT2D eigenvalue weighted by Gasteiger charge is 2.18. The van der Waals surface area contributed by atoms with Crippen LogP contribution in [-0.2, 0) is 0 Å². The average Bonchev–Trinajstić information content (AvgIpc) is 2.83. The quantitative estimate of drug-likeness (QED) is 0.781. The minimum atomic E-state index is 0.171. The van der Waals surface area contributed by atoms with Crippen molar-refractivity contribution in [3.8, 4) is 0 Å². The van der Waals surface area contributed by atoms with E-state index < -0.39 is 0 Å². The maximum absolute atomic E-state index is 11.9. The van der Waals surface area contributed by atoms with Crippen LogP contribution < -0.4 is 10.2 Å². The first-order chi connectivity index (χ1) is 7.83. The van der Waals surface area contributed by atoms with E-state index in [0.717, 1.165) is 24.3 Å². The van der Waals surface area contributed by atoms with Gasteiger partial charge < -0.3 is 10.2 Å².